The van der Waals surface area contributed by atoms with Gasteiger partial charge in [-0.15, -0.1) is 0 Å². The Morgan fingerprint density at radius 3 is 2.14 bits per heavy atom. The van der Waals surface area contributed by atoms with Gasteiger partial charge < -0.3 is 44.3 Å². The molecule has 6 rings (SSSR count). The van der Waals surface area contributed by atoms with Crippen molar-refractivity contribution in [3.63, 3.8) is 0 Å². The van der Waals surface area contributed by atoms with Gasteiger partial charge in [-0.3, -0.25) is 9.59 Å². The van der Waals surface area contributed by atoms with Crippen LogP contribution in [0.25, 0.3) is 0 Å². The first-order valence-corrected chi connectivity index (χ1v) is 22.8. The quantitative estimate of drug-likeness (QED) is 0.132. The third-order valence-corrected chi connectivity index (χ3v) is 16.0. The minimum atomic E-state index is -1.12. The van der Waals surface area contributed by atoms with Gasteiger partial charge in [0.05, 0.1) is 59.8 Å². The van der Waals surface area contributed by atoms with Crippen molar-refractivity contribution in [2.75, 3.05) is 0 Å². The molecule has 0 bridgehead atoms. The molecule has 4 saturated heterocycles. The number of ketones is 1. The molecule has 326 valence electrons. The highest BCUT2D eigenvalue weighted by molar-refractivity contribution is 5.84. The van der Waals surface area contributed by atoms with E-state index in [-0.39, 0.29) is 53.8 Å². The zero-order valence-electron chi connectivity index (χ0n) is 36.9. The molecule has 6 aliphatic rings. The van der Waals surface area contributed by atoms with E-state index in [1.165, 1.54) is 0 Å². The number of ether oxygens (including phenoxy) is 5. The summed E-state index contributed by atoms with van der Waals surface area (Å²) in [6.07, 6.45) is 9.33. The smallest absolute Gasteiger partial charge is 0.309 e. The normalized spacial score (nSPS) is 47.4. The summed E-state index contributed by atoms with van der Waals surface area (Å²) in [5, 5.41) is 36.7. The van der Waals surface area contributed by atoms with Crippen molar-refractivity contribution in [1.29, 1.82) is 0 Å². The minimum absolute atomic E-state index is 0.0232. The zero-order valence-corrected chi connectivity index (χ0v) is 36.9. The van der Waals surface area contributed by atoms with Gasteiger partial charge in [-0.05, 0) is 102 Å². The predicted molar refractivity (Wildman–Crippen MR) is 217 cm³/mol. The third-order valence-electron chi connectivity index (χ3n) is 16.0. The zero-order chi connectivity index (χ0) is 41.8. The molecular weight excluding hydrogens is 727 g/mol. The van der Waals surface area contributed by atoms with Crippen molar-refractivity contribution in [1.82, 2.24) is 5.32 Å². The van der Waals surface area contributed by atoms with E-state index in [4.69, 9.17) is 23.7 Å². The number of carboxylic acids is 1. The maximum Gasteiger partial charge on any atom is 0.309 e. The van der Waals surface area contributed by atoms with Crippen LogP contribution in [-0.2, 0) is 33.3 Å². The van der Waals surface area contributed by atoms with Crippen molar-refractivity contribution in [2.24, 2.45) is 47.3 Å². The van der Waals surface area contributed by atoms with Crippen molar-refractivity contribution in [2.45, 2.75) is 218 Å². The fourth-order valence-corrected chi connectivity index (χ4v) is 11.5. The highest BCUT2D eigenvalue weighted by atomic mass is 16.8. The van der Waals surface area contributed by atoms with Crippen LogP contribution in [0, 0.1) is 47.3 Å². The Bertz CT molecular complexity index is 1460. The molecule has 20 atom stereocenters. The van der Waals surface area contributed by atoms with Crippen LogP contribution < -0.4 is 5.32 Å². The molecule has 11 nitrogen and oxygen atoms in total. The molecule has 0 radical (unpaired) electrons. The molecule has 57 heavy (non-hydrogen) atoms. The Hall–Kier alpha value is -1.44. The largest absolute Gasteiger partial charge is 0.481 e. The van der Waals surface area contributed by atoms with Crippen LogP contribution in [0.1, 0.15) is 147 Å². The second-order valence-corrected chi connectivity index (χ2v) is 19.9. The molecule has 0 aromatic rings. The topological polar surface area (TPSA) is 153 Å². The first-order chi connectivity index (χ1) is 26.8. The van der Waals surface area contributed by atoms with Crippen LogP contribution in [-0.4, -0.2) is 98.6 Å². The minimum Gasteiger partial charge on any atom is -0.481 e. The summed E-state index contributed by atoms with van der Waals surface area (Å²) in [6, 6.07) is 0.178. The van der Waals surface area contributed by atoms with E-state index in [0.29, 0.717) is 56.9 Å². The average molecular weight is 804 g/mol. The summed E-state index contributed by atoms with van der Waals surface area (Å²) >= 11 is 0. The van der Waals surface area contributed by atoms with E-state index >= 15 is 0 Å². The Morgan fingerprint density at radius 1 is 0.860 bits per heavy atom. The predicted octanol–water partition coefficient (Wildman–Crippen LogP) is 7.19. The Morgan fingerprint density at radius 2 is 1.54 bits per heavy atom. The maximum absolute atomic E-state index is 14.6. The summed E-state index contributed by atoms with van der Waals surface area (Å²) in [7, 11) is 0. The van der Waals surface area contributed by atoms with Gasteiger partial charge in [0.15, 0.2) is 11.6 Å². The maximum atomic E-state index is 14.6. The number of aliphatic carboxylic acids is 1. The second kappa shape index (κ2) is 17.1. The number of hydrogen-bond acceptors (Lipinski definition) is 10. The molecule has 1 saturated carbocycles. The molecular formula is C46H77NO10. The van der Waals surface area contributed by atoms with Crippen LogP contribution in [0.4, 0.5) is 0 Å². The molecule has 2 spiro atoms. The Balaban J connectivity index is 1.21. The first-order valence-electron chi connectivity index (χ1n) is 22.8. The Kier molecular flexibility index (Phi) is 13.6. The SMILES string of the molecule is CC[C@@H](C(=O)[C@@H](C)[C@@H](O)[C@H](C)[C@@H]1O[C@@H]([C@@H](CC)C(=O)O)CC[C@@H]1C)[C@H]1O[C@]2(C=C[C@@H](NC3CC3C)[C@]3(CC[C@@](C)([C@H]4CC[C@](O)(CC)[C@H](C)O4)O3)O2)[C@H](C)C[C@@H]1C. The number of carbonyl (C=O) groups is 2. The highest BCUT2D eigenvalue weighted by Crippen LogP contribution is 2.54. The monoisotopic (exact) mass is 804 g/mol. The average Bonchev–Trinajstić information content (AvgIpc) is 3.77. The molecule has 4 N–H and O–H groups in total. The fourth-order valence-electron chi connectivity index (χ4n) is 11.5. The third kappa shape index (κ3) is 8.58. The van der Waals surface area contributed by atoms with Crippen LogP contribution in [0.3, 0.4) is 0 Å². The molecule has 1 aliphatic carbocycles. The van der Waals surface area contributed by atoms with E-state index in [2.05, 4.69) is 52.1 Å². The number of nitrogens with one attached hydrogen (secondary N) is 1. The number of Topliss-reactive ketones (excluding diaryl/α,β-unsaturated/α-hetero) is 1. The molecule has 0 aromatic carbocycles. The van der Waals surface area contributed by atoms with Gasteiger partial charge in [0.1, 0.15) is 5.78 Å². The lowest BCUT2D eigenvalue weighted by Gasteiger charge is -2.55. The number of aliphatic hydroxyl groups excluding tert-OH is 1. The van der Waals surface area contributed by atoms with E-state index in [9.17, 15) is 24.9 Å². The first kappa shape index (κ1) is 45.1. The van der Waals surface area contributed by atoms with Gasteiger partial charge in [-0.25, -0.2) is 0 Å². The summed E-state index contributed by atoms with van der Waals surface area (Å²) in [5.41, 5.74) is -1.48. The van der Waals surface area contributed by atoms with Crippen molar-refractivity contribution in [3.8, 4) is 0 Å². The number of aliphatic hydroxyl groups is 2. The molecule has 2 unspecified atom stereocenters. The van der Waals surface area contributed by atoms with E-state index in [1.807, 2.05) is 41.5 Å². The van der Waals surface area contributed by atoms with Gasteiger partial charge in [-0.2, -0.15) is 0 Å². The highest BCUT2D eigenvalue weighted by Gasteiger charge is 2.64. The number of carbonyl (C=O) groups excluding carboxylic acids is 1. The van der Waals surface area contributed by atoms with Crippen LogP contribution in [0.15, 0.2) is 12.2 Å². The van der Waals surface area contributed by atoms with E-state index in [0.717, 1.165) is 25.7 Å². The lowest BCUT2D eigenvalue weighted by atomic mass is 9.72. The molecule has 0 amide bonds. The molecule has 5 heterocycles. The van der Waals surface area contributed by atoms with Crippen molar-refractivity contribution in [3.05, 3.63) is 12.2 Å². The van der Waals surface area contributed by atoms with Gasteiger partial charge in [0, 0.05) is 36.1 Å². The fraction of sp³-hybridized carbons (Fsp3) is 0.913. The van der Waals surface area contributed by atoms with Gasteiger partial charge in [0.2, 0.25) is 0 Å². The van der Waals surface area contributed by atoms with Crippen molar-refractivity contribution < 1.29 is 48.6 Å². The number of carboxylic acid groups (broad SMARTS) is 1. The van der Waals surface area contributed by atoms with Crippen LogP contribution >= 0.6 is 0 Å². The summed E-state index contributed by atoms with van der Waals surface area (Å²) in [4.78, 5) is 26.6. The molecule has 0 aromatic heterocycles. The summed E-state index contributed by atoms with van der Waals surface area (Å²) in [5.74, 6) is -4.42. The summed E-state index contributed by atoms with van der Waals surface area (Å²) in [6.45, 7) is 22.4. The van der Waals surface area contributed by atoms with Crippen molar-refractivity contribution >= 4 is 11.8 Å². The van der Waals surface area contributed by atoms with Crippen LogP contribution in [0.5, 0.6) is 0 Å². The second-order valence-electron chi connectivity index (χ2n) is 19.9. The standard InChI is InChI=1S/C46H77NO10/c1-12-32(42(50)51)35-16-15-25(4)40(54-35)30(9)38(48)29(8)39(49)33(13-2)41-27(6)23-28(7)45(55-41)20-17-36(47-34-24-26(34)5)46(57-45)22-21-43(11,56-46)37-18-19-44(52,14-3)31(10)53-37/h17,20,25-38,40-41,47-48,52H,12-16,18-19,21-24H2,1-11H3,(H,50,51)/t25-,26?,27-,28+,29-,30-,31-,32+,33-,34?,35+,36+,37+,38+,40+,41-,43-,44+,45-,46-/m0/s1. The number of rotatable bonds is 14. The number of hydrogen-bond donors (Lipinski definition) is 4. The van der Waals surface area contributed by atoms with Gasteiger partial charge in [-0.1, -0.05) is 68.4 Å². The van der Waals surface area contributed by atoms with E-state index < -0.39 is 64.8 Å². The van der Waals surface area contributed by atoms with Gasteiger partial charge in [0.25, 0.3) is 0 Å². The summed E-state index contributed by atoms with van der Waals surface area (Å²) < 4.78 is 34.8. The molecule has 5 aliphatic heterocycles. The Labute approximate surface area is 342 Å². The molecule has 5 fully saturated rings. The van der Waals surface area contributed by atoms with Gasteiger partial charge >= 0.3 is 5.97 Å². The van der Waals surface area contributed by atoms with Crippen LogP contribution in [0.2, 0.25) is 0 Å². The molecule has 11 heteroatoms. The lowest BCUT2D eigenvalue weighted by molar-refractivity contribution is -0.398. The lowest BCUT2D eigenvalue weighted by Crippen LogP contribution is -2.65. The van der Waals surface area contributed by atoms with E-state index in [1.54, 1.807) is 0 Å².